The van der Waals surface area contributed by atoms with Crippen LogP contribution in [0.25, 0.3) is 5.69 Å². The van der Waals surface area contributed by atoms with Gasteiger partial charge in [-0.05, 0) is 54.8 Å². The fourth-order valence-corrected chi connectivity index (χ4v) is 3.90. The molecule has 0 aliphatic carbocycles. The number of benzene rings is 2. The third-order valence-corrected chi connectivity index (χ3v) is 5.18. The largest absolute Gasteiger partial charge is 0.502 e. The van der Waals surface area contributed by atoms with Gasteiger partial charge in [-0.1, -0.05) is 6.07 Å². The molecule has 0 saturated carbocycles. The molecule has 1 atom stereocenters. The third kappa shape index (κ3) is 3.29. The SMILES string of the molecule is COc1cc(C2CC(=O)Nc3c2cnn3-c2cc(C)cc(C)c2)cc(OC)c1O. The number of fused-ring (bicyclic) bond motifs is 1. The van der Waals surface area contributed by atoms with E-state index < -0.39 is 0 Å². The lowest BCUT2D eigenvalue weighted by molar-refractivity contribution is -0.116. The highest BCUT2D eigenvalue weighted by Crippen LogP contribution is 2.44. The summed E-state index contributed by atoms with van der Waals surface area (Å²) in [4.78, 5) is 12.5. The number of aryl methyl sites for hydroxylation is 2. The van der Waals surface area contributed by atoms with Crippen LogP contribution in [-0.4, -0.2) is 35.0 Å². The van der Waals surface area contributed by atoms with E-state index in [0.29, 0.717) is 17.3 Å². The van der Waals surface area contributed by atoms with Crippen LogP contribution < -0.4 is 14.8 Å². The summed E-state index contributed by atoms with van der Waals surface area (Å²) in [5, 5.41) is 17.7. The normalized spacial score (nSPS) is 15.6. The molecule has 0 radical (unpaired) electrons. The fraction of sp³-hybridized carbons (Fsp3) is 0.273. The molecule has 1 aliphatic rings. The number of aromatic hydroxyl groups is 1. The molecule has 0 fully saturated rings. The molecule has 7 nitrogen and oxygen atoms in total. The smallest absolute Gasteiger partial charge is 0.226 e. The van der Waals surface area contributed by atoms with Crippen LogP contribution >= 0.6 is 0 Å². The molecule has 1 aliphatic heterocycles. The van der Waals surface area contributed by atoms with Gasteiger partial charge in [0.05, 0.1) is 26.1 Å². The molecule has 2 aromatic carbocycles. The first-order valence-corrected chi connectivity index (χ1v) is 9.32. The lowest BCUT2D eigenvalue weighted by atomic mass is 9.87. The summed E-state index contributed by atoms with van der Waals surface area (Å²) in [7, 11) is 2.96. The quantitative estimate of drug-likeness (QED) is 0.706. The van der Waals surface area contributed by atoms with Gasteiger partial charge in [-0.25, -0.2) is 4.68 Å². The first kappa shape index (κ1) is 18.9. The van der Waals surface area contributed by atoms with Gasteiger partial charge in [0.1, 0.15) is 5.82 Å². The van der Waals surface area contributed by atoms with Gasteiger partial charge in [0.15, 0.2) is 11.5 Å². The minimum absolute atomic E-state index is 0.0647. The average Bonchev–Trinajstić information content (AvgIpc) is 3.10. The van der Waals surface area contributed by atoms with Gasteiger partial charge in [0.2, 0.25) is 11.7 Å². The van der Waals surface area contributed by atoms with Crippen LogP contribution in [0.4, 0.5) is 5.82 Å². The maximum absolute atomic E-state index is 12.5. The topological polar surface area (TPSA) is 85.6 Å². The second-order valence-electron chi connectivity index (χ2n) is 7.29. The van der Waals surface area contributed by atoms with E-state index in [4.69, 9.17) is 9.47 Å². The molecule has 2 N–H and O–H groups in total. The molecule has 2 heterocycles. The lowest BCUT2D eigenvalue weighted by Gasteiger charge is -2.25. The van der Waals surface area contributed by atoms with Crippen LogP contribution in [0, 0.1) is 13.8 Å². The lowest BCUT2D eigenvalue weighted by Crippen LogP contribution is -2.24. The third-order valence-electron chi connectivity index (χ3n) is 5.18. The predicted molar refractivity (Wildman–Crippen MR) is 109 cm³/mol. The molecule has 3 aromatic rings. The highest BCUT2D eigenvalue weighted by molar-refractivity contribution is 5.94. The Balaban J connectivity index is 1.85. The molecule has 1 amide bonds. The molecule has 1 aromatic heterocycles. The van der Waals surface area contributed by atoms with Gasteiger partial charge in [0.25, 0.3) is 0 Å². The van der Waals surface area contributed by atoms with E-state index >= 15 is 0 Å². The Morgan fingerprint density at radius 2 is 1.69 bits per heavy atom. The summed E-state index contributed by atoms with van der Waals surface area (Å²) >= 11 is 0. The van der Waals surface area contributed by atoms with Gasteiger partial charge < -0.3 is 19.9 Å². The molecule has 0 spiro atoms. The zero-order valence-electron chi connectivity index (χ0n) is 16.8. The predicted octanol–water partition coefficient (Wildman–Crippen LogP) is 3.69. The van der Waals surface area contributed by atoms with E-state index in [-0.39, 0.29) is 24.0 Å². The monoisotopic (exact) mass is 393 g/mol. The summed E-state index contributed by atoms with van der Waals surface area (Å²) in [6, 6.07) is 9.62. The van der Waals surface area contributed by atoms with Crippen molar-refractivity contribution in [1.29, 1.82) is 0 Å². The highest BCUT2D eigenvalue weighted by atomic mass is 16.5. The van der Waals surface area contributed by atoms with Crippen LogP contribution in [0.2, 0.25) is 0 Å². The summed E-state index contributed by atoms with van der Waals surface area (Å²) in [5.41, 5.74) is 4.85. The zero-order valence-corrected chi connectivity index (χ0v) is 16.8. The second kappa shape index (κ2) is 7.16. The summed E-state index contributed by atoms with van der Waals surface area (Å²) in [5.74, 6) is 0.857. The number of nitrogens with one attached hydrogen (secondary N) is 1. The van der Waals surface area contributed by atoms with E-state index in [1.54, 1.807) is 23.0 Å². The maximum Gasteiger partial charge on any atom is 0.226 e. The molecule has 1 unspecified atom stereocenters. The van der Waals surface area contributed by atoms with Gasteiger partial charge in [0, 0.05) is 17.9 Å². The highest BCUT2D eigenvalue weighted by Gasteiger charge is 2.31. The Morgan fingerprint density at radius 1 is 1.07 bits per heavy atom. The molecule has 29 heavy (non-hydrogen) atoms. The Kier molecular flexibility index (Phi) is 4.66. The Hall–Kier alpha value is -3.48. The Morgan fingerprint density at radius 3 is 2.28 bits per heavy atom. The summed E-state index contributed by atoms with van der Waals surface area (Å²) < 4.78 is 12.3. The van der Waals surface area contributed by atoms with Gasteiger partial charge in [-0.3, -0.25) is 4.79 Å². The zero-order chi connectivity index (χ0) is 20.7. The van der Waals surface area contributed by atoms with E-state index in [1.165, 1.54) is 14.2 Å². The number of hydrogen-bond acceptors (Lipinski definition) is 5. The van der Waals surface area contributed by atoms with Crippen molar-refractivity contribution in [3.05, 3.63) is 58.8 Å². The van der Waals surface area contributed by atoms with Crippen molar-refractivity contribution < 1.29 is 19.4 Å². The molecule has 4 rings (SSSR count). The van der Waals surface area contributed by atoms with E-state index in [2.05, 4.69) is 16.5 Å². The van der Waals surface area contributed by atoms with Crippen molar-refractivity contribution >= 4 is 11.7 Å². The summed E-state index contributed by atoms with van der Waals surface area (Å²) in [6.45, 7) is 4.06. The number of aromatic nitrogens is 2. The van der Waals surface area contributed by atoms with Crippen molar-refractivity contribution in [2.45, 2.75) is 26.2 Å². The van der Waals surface area contributed by atoms with Crippen LogP contribution in [0.5, 0.6) is 17.2 Å². The second-order valence-corrected chi connectivity index (χ2v) is 7.29. The van der Waals surface area contributed by atoms with Crippen LogP contribution in [0.3, 0.4) is 0 Å². The van der Waals surface area contributed by atoms with Crippen LogP contribution in [-0.2, 0) is 4.79 Å². The first-order chi connectivity index (χ1) is 13.9. The van der Waals surface area contributed by atoms with Crippen molar-refractivity contribution in [2.24, 2.45) is 0 Å². The number of hydrogen-bond donors (Lipinski definition) is 2. The number of ether oxygens (including phenoxy) is 2. The summed E-state index contributed by atoms with van der Waals surface area (Å²) in [6.07, 6.45) is 2.05. The first-order valence-electron chi connectivity index (χ1n) is 9.32. The molecule has 0 bridgehead atoms. The van der Waals surface area contributed by atoms with E-state index in [1.807, 2.05) is 26.0 Å². The number of phenolic OH excluding ortho intramolecular Hbond substituents is 1. The fourth-order valence-electron chi connectivity index (χ4n) is 3.90. The number of phenols is 1. The number of amides is 1. The molecular weight excluding hydrogens is 370 g/mol. The average molecular weight is 393 g/mol. The molecule has 150 valence electrons. The number of nitrogens with zero attached hydrogens (tertiary/aromatic N) is 2. The van der Waals surface area contributed by atoms with Crippen molar-refractivity contribution in [2.75, 3.05) is 19.5 Å². The molecule has 0 saturated heterocycles. The number of anilines is 1. The number of methoxy groups -OCH3 is 2. The van der Waals surface area contributed by atoms with Crippen LogP contribution in [0.1, 0.15) is 34.6 Å². The van der Waals surface area contributed by atoms with Crippen molar-refractivity contribution in [3.63, 3.8) is 0 Å². The Bertz CT molecular complexity index is 1060. The Labute approximate surface area is 168 Å². The van der Waals surface area contributed by atoms with Gasteiger partial charge in [-0.15, -0.1) is 0 Å². The van der Waals surface area contributed by atoms with E-state index in [9.17, 15) is 9.90 Å². The van der Waals surface area contributed by atoms with Gasteiger partial charge in [-0.2, -0.15) is 5.10 Å². The van der Waals surface area contributed by atoms with Crippen molar-refractivity contribution in [1.82, 2.24) is 9.78 Å². The van der Waals surface area contributed by atoms with E-state index in [0.717, 1.165) is 27.9 Å². The number of carbonyl (C=O) groups is 1. The van der Waals surface area contributed by atoms with Crippen molar-refractivity contribution in [3.8, 4) is 22.9 Å². The number of carbonyl (C=O) groups excluding carboxylic acids is 1. The molecular formula is C22H23N3O4. The molecule has 7 heteroatoms. The standard InChI is InChI=1S/C22H23N3O4/c1-12-5-13(2)7-15(6-12)25-22-17(11-23-25)16(10-20(26)24-22)14-8-18(28-3)21(27)19(9-14)29-4/h5-9,11,16,27H,10H2,1-4H3,(H,24,26). The van der Waals surface area contributed by atoms with Crippen LogP contribution in [0.15, 0.2) is 36.5 Å². The minimum atomic E-state index is -0.234. The number of rotatable bonds is 4. The van der Waals surface area contributed by atoms with Gasteiger partial charge >= 0.3 is 0 Å². The maximum atomic E-state index is 12.5. The minimum Gasteiger partial charge on any atom is -0.502 e.